The molecule has 0 saturated carbocycles. The lowest BCUT2D eigenvalue weighted by Gasteiger charge is -2.17. The van der Waals surface area contributed by atoms with Gasteiger partial charge in [-0.2, -0.15) is 0 Å². The Balaban J connectivity index is 1.62. The molecular weight excluding hydrogens is 451 g/mol. The molecule has 0 unspecified atom stereocenters. The van der Waals surface area contributed by atoms with E-state index in [-0.39, 0.29) is 11.1 Å². The van der Waals surface area contributed by atoms with E-state index in [0.29, 0.717) is 35.6 Å². The smallest absolute Gasteiger partial charge is 0.261 e. The van der Waals surface area contributed by atoms with Crippen molar-refractivity contribution in [3.05, 3.63) is 136 Å². The molecule has 0 aliphatic rings. The monoisotopic (exact) mass is 476 g/mol. The Hall–Kier alpha value is -4.51. The summed E-state index contributed by atoms with van der Waals surface area (Å²) in [6.45, 7) is 1.74. The topological polar surface area (TPSA) is 55.1 Å². The van der Waals surface area contributed by atoms with Gasteiger partial charge < -0.3 is 5.11 Å². The molecule has 0 saturated heterocycles. The van der Waals surface area contributed by atoms with Gasteiger partial charge in [0.1, 0.15) is 5.82 Å². The molecule has 1 N–H and O–H groups in total. The van der Waals surface area contributed by atoms with Crippen molar-refractivity contribution in [1.29, 1.82) is 0 Å². The maximum atomic E-state index is 14.2. The number of aromatic nitrogens is 2. The van der Waals surface area contributed by atoms with Crippen molar-refractivity contribution in [3.8, 4) is 33.8 Å². The second-order valence-corrected chi connectivity index (χ2v) is 8.66. The molecule has 5 rings (SSSR count). The van der Waals surface area contributed by atoms with Crippen molar-refractivity contribution >= 4 is 0 Å². The van der Waals surface area contributed by atoms with Crippen LogP contribution < -0.4 is 5.56 Å². The first-order valence-electron chi connectivity index (χ1n) is 11.8. The van der Waals surface area contributed by atoms with Crippen LogP contribution in [0.2, 0.25) is 0 Å². The van der Waals surface area contributed by atoms with Crippen LogP contribution in [0.5, 0.6) is 5.75 Å². The van der Waals surface area contributed by atoms with E-state index in [2.05, 4.69) is 0 Å². The van der Waals surface area contributed by atoms with Gasteiger partial charge in [0.05, 0.1) is 11.4 Å². The number of para-hydroxylation sites is 1. The minimum Gasteiger partial charge on any atom is -0.504 e. The van der Waals surface area contributed by atoms with Crippen LogP contribution in [0.4, 0.5) is 4.39 Å². The summed E-state index contributed by atoms with van der Waals surface area (Å²) in [6.07, 6.45) is 1.00. The van der Waals surface area contributed by atoms with Gasteiger partial charge in [-0.1, -0.05) is 78.9 Å². The number of nitrogens with zero attached hydrogens (tertiary/aromatic N) is 2. The summed E-state index contributed by atoms with van der Waals surface area (Å²) >= 11 is 0. The Morgan fingerprint density at radius 1 is 0.778 bits per heavy atom. The Labute approximate surface area is 209 Å². The highest BCUT2D eigenvalue weighted by molar-refractivity contribution is 5.70. The van der Waals surface area contributed by atoms with E-state index in [4.69, 9.17) is 4.98 Å². The summed E-state index contributed by atoms with van der Waals surface area (Å²) in [6, 6.07) is 31.9. The summed E-state index contributed by atoms with van der Waals surface area (Å²) < 4.78 is 15.8. The van der Waals surface area contributed by atoms with E-state index in [9.17, 15) is 14.3 Å². The number of hydrogen-bond donors (Lipinski definition) is 1. The van der Waals surface area contributed by atoms with Crippen molar-refractivity contribution in [2.24, 2.45) is 0 Å². The summed E-state index contributed by atoms with van der Waals surface area (Å²) in [5.41, 5.74) is 4.62. The summed E-state index contributed by atoms with van der Waals surface area (Å²) in [4.78, 5) is 18.6. The molecule has 36 heavy (non-hydrogen) atoms. The number of halogens is 1. The molecule has 0 spiro atoms. The van der Waals surface area contributed by atoms with E-state index >= 15 is 0 Å². The first kappa shape index (κ1) is 23.2. The molecule has 4 aromatic carbocycles. The van der Waals surface area contributed by atoms with E-state index in [1.807, 2.05) is 84.9 Å². The van der Waals surface area contributed by atoms with Crippen LogP contribution in [0, 0.1) is 12.7 Å². The third-order valence-corrected chi connectivity index (χ3v) is 6.33. The summed E-state index contributed by atoms with van der Waals surface area (Å²) in [5, 5.41) is 10.4. The van der Waals surface area contributed by atoms with Crippen LogP contribution in [0.3, 0.4) is 0 Å². The van der Waals surface area contributed by atoms with Crippen molar-refractivity contribution in [2.75, 3.05) is 0 Å². The SMILES string of the molecule is Cc1nc(-c2cccc(F)c2O)c(CCc2ccccc2)c(=O)n1-c1ccc(-c2ccccc2)cc1. The zero-order valence-electron chi connectivity index (χ0n) is 19.9. The molecule has 1 aromatic heterocycles. The van der Waals surface area contributed by atoms with Crippen LogP contribution >= 0.6 is 0 Å². The molecular formula is C31H25FN2O2. The third kappa shape index (κ3) is 4.56. The molecule has 178 valence electrons. The van der Waals surface area contributed by atoms with Gasteiger partial charge >= 0.3 is 0 Å². The Kier molecular flexibility index (Phi) is 6.46. The number of phenolic OH excluding ortho intramolecular Hbond substituents is 1. The number of hydrogen-bond acceptors (Lipinski definition) is 3. The Morgan fingerprint density at radius 2 is 1.42 bits per heavy atom. The lowest BCUT2D eigenvalue weighted by Crippen LogP contribution is -2.27. The van der Waals surface area contributed by atoms with Gasteiger partial charge in [0, 0.05) is 11.1 Å². The highest BCUT2D eigenvalue weighted by Crippen LogP contribution is 2.32. The maximum Gasteiger partial charge on any atom is 0.261 e. The van der Waals surface area contributed by atoms with Gasteiger partial charge in [0.25, 0.3) is 5.56 Å². The average molecular weight is 477 g/mol. The first-order valence-corrected chi connectivity index (χ1v) is 11.8. The largest absolute Gasteiger partial charge is 0.504 e. The minimum atomic E-state index is -0.748. The van der Waals surface area contributed by atoms with Gasteiger partial charge in [-0.15, -0.1) is 0 Å². The zero-order chi connectivity index (χ0) is 25.1. The van der Waals surface area contributed by atoms with Crippen LogP contribution in [0.25, 0.3) is 28.1 Å². The van der Waals surface area contributed by atoms with Gasteiger partial charge in [-0.25, -0.2) is 9.37 Å². The van der Waals surface area contributed by atoms with E-state index in [1.165, 1.54) is 12.1 Å². The van der Waals surface area contributed by atoms with Crippen LogP contribution in [0.15, 0.2) is 108 Å². The van der Waals surface area contributed by atoms with Crippen molar-refractivity contribution in [3.63, 3.8) is 0 Å². The summed E-state index contributed by atoms with van der Waals surface area (Å²) in [5.74, 6) is -0.800. The number of rotatable bonds is 6. The molecule has 0 radical (unpaired) electrons. The lowest BCUT2D eigenvalue weighted by molar-refractivity contribution is 0.434. The average Bonchev–Trinajstić information content (AvgIpc) is 2.91. The molecule has 5 heteroatoms. The number of phenols is 1. The molecule has 0 aliphatic carbocycles. The minimum absolute atomic E-state index is 0.213. The lowest BCUT2D eigenvalue weighted by atomic mass is 9.99. The molecule has 0 atom stereocenters. The van der Waals surface area contributed by atoms with Crippen molar-refractivity contribution in [2.45, 2.75) is 19.8 Å². The first-order chi connectivity index (χ1) is 17.5. The predicted octanol–water partition coefficient (Wildman–Crippen LogP) is 6.50. The standard InChI is InChI=1S/C31H25FN2O2/c1-21-33-29(26-13-8-14-28(32)30(26)35)27(20-15-22-9-4-2-5-10-22)31(36)34(21)25-18-16-24(17-19-25)23-11-6-3-7-12-23/h2-14,16-19,35H,15,20H2,1H3. The Bertz CT molecular complexity index is 1560. The molecule has 4 nitrogen and oxygen atoms in total. The Morgan fingerprint density at radius 3 is 2.11 bits per heavy atom. The number of benzene rings is 4. The van der Waals surface area contributed by atoms with E-state index < -0.39 is 11.6 Å². The highest BCUT2D eigenvalue weighted by Gasteiger charge is 2.20. The fourth-order valence-corrected chi connectivity index (χ4v) is 4.47. The van der Waals surface area contributed by atoms with E-state index in [1.54, 1.807) is 17.6 Å². The fraction of sp³-hybridized carbons (Fsp3) is 0.0968. The predicted molar refractivity (Wildman–Crippen MR) is 141 cm³/mol. The normalized spacial score (nSPS) is 10.9. The van der Waals surface area contributed by atoms with E-state index in [0.717, 1.165) is 16.7 Å². The zero-order valence-corrected chi connectivity index (χ0v) is 19.9. The quantitative estimate of drug-likeness (QED) is 0.304. The van der Waals surface area contributed by atoms with Crippen molar-refractivity contribution < 1.29 is 9.50 Å². The van der Waals surface area contributed by atoms with Gasteiger partial charge in [0.15, 0.2) is 11.6 Å². The molecule has 0 fully saturated rings. The number of aryl methyl sites for hydroxylation is 2. The van der Waals surface area contributed by atoms with Crippen LogP contribution in [-0.2, 0) is 12.8 Å². The molecule has 0 amide bonds. The second-order valence-electron chi connectivity index (χ2n) is 8.66. The van der Waals surface area contributed by atoms with Gasteiger partial charge in [-0.3, -0.25) is 9.36 Å². The van der Waals surface area contributed by atoms with Crippen molar-refractivity contribution in [1.82, 2.24) is 9.55 Å². The number of aromatic hydroxyl groups is 1. The molecule has 0 bridgehead atoms. The van der Waals surface area contributed by atoms with Crippen LogP contribution in [0.1, 0.15) is 17.0 Å². The third-order valence-electron chi connectivity index (χ3n) is 6.33. The maximum absolute atomic E-state index is 14.2. The van der Waals surface area contributed by atoms with Gasteiger partial charge in [0.2, 0.25) is 0 Å². The van der Waals surface area contributed by atoms with Crippen LogP contribution in [-0.4, -0.2) is 14.7 Å². The molecule has 0 aliphatic heterocycles. The second kappa shape index (κ2) is 10.0. The molecule has 5 aromatic rings. The highest BCUT2D eigenvalue weighted by atomic mass is 19.1. The van der Waals surface area contributed by atoms with Gasteiger partial charge in [-0.05, 0) is 60.7 Å². The molecule has 1 heterocycles. The fourth-order valence-electron chi connectivity index (χ4n) is 4.47. The summed E-state index contributed by atoms with van der Waals surface area (Å²) in [7, 11) is 0.